The number of hydrogen-bond acceptors (Lipinski definition) is 3. The lowest BCUT2D eigenvalue weighted by molar-refractivity contribution is 0.0883. The highest BCUT2D eigenvalue weighted by atomic mass is 35.5. The van der Waals surface area contributed by atoms with Crippen molar-refractivity contribution in [2.24, 2.45) is 0 Å². The number of benzene rings is 3. The molecule has 0 aliphatic carbocycles. The number of hydrogen-bond donors (Lipinski definition) is 1. The summed E-state index contributed by atoms with van der Waals surface area (Å²) in [5.41, 5.74) is 5.86. The van der Waals surface area contributed by atoms with Crippen LogP contribution in [0, 0.1) is 6.92 Å². The number of aryl methyl sites for hydroxylation is 2. The third kappa shape index (κ3) is 3.87. The first kappa shape index (κ1) is 22.1. The second-order valence-electron chi connectivity index (χ2n) is 9.53. The van der Waals surface area contributed by atoms with Crippen LogP contribution < -0.4 is 5.32 Å². The molecule has 2 aromatic heterocycles. The van der Waals surface area contributed by atoms with Gasteiger partial charge in [-0.15, -0.1) is 0 Å². The van der Waals surface area contributed by atoms with E-state index in [9.17, 15) is 4.79 Å². The molecule has 1 aliphatic heterocycles. The molecule has 8 heteroatoms. The van der Waals surface area contributed by atoms with Crippen LogP contribution >= 0.6 is 23.2 Å². The number of nitrogens with one attached hydrogen (secondary N) is 1. The molecule has 0 saturated carbocycles. The van der Waals surface area contributed by atoms with Gasteiger partial charge in [0.1, 0.15) is 12.2 Å². The minimum atomic E-state index is -0.412. The van der Waals surface area contributed by atoms with Crippen LogP contribution in [0.15, 0.2) is 60.9 Å². The molecule has 1 amide bonds. The number of aromatic nitrogens is 4. The fraction of sp³-hybridized carbons (Fsp3) is 0.222. The predicted molar refractivity (Wildman–Crippen MR) is 140 cm³/mol. The van der Waals surface area contributed by atoms with Crippen LogP contribution in [-0.2, 0) is 13.0 Å². The molecule has 35 heavy (non-hydrogen) atoms. The van der Waals surface area contributed by atoms with Crippen molar-refractivity contribution < 1.29 is 4.79 Å². The quantitative estimate of drug-likeness (QED) is 0.322. The number of fused-ring (bicyclic) bond motifs is 4. The molecule has 0 spiro atoms. The standard InChI is InChI=1S/C27H23Cl2N5O/c1-16-3-7-24-22(11-16)31-25-9-10-27(2,14-33(24)25)32-26(35)19-6-5-18(13-20(19)29)34-15-30-21-12-17(28)4-8-23(21)34/h3-8,11-13,15H,9-10,14H2,1-2H3,(H,32,35)/t27-/m1/s1. The number of halogens is 2. The molecule has 6 nitrogen and oxygen atoms in total. The van der Waals surface area contributed by atoms with Crippen LogP contribution in [0.5, 0.6) is 0 Å². The fourth-order valence-electron chi connectivity index (χ4n) is 4.95. The Labute approximate surface area is 212 Å². The molecule has 0 saturated heterocycles. The monoisotopic (exact) mass is 503 g/mol. The zero-order chi connectivity index (χ0) is 24.3. The van der Waals surface area contributed by atoms with Gasteiger partial charge in [0.15, 0.2) is 0 Å². The van der Waals surface area contributed by atoms with Crippen LogP contribution in [0.25, 0.3) is 27.8 Å². The minimum absolute atomic E-state index is 0.185. The highest BCUT2D eigenvalue weighted by molar-refractivity contribution is 6.34. The summed E-state index contributed by atoms with van der Waals surface area (Å²) in [4.78, 5) is 22.5. The van der Waals surface area contributed by atoms with Gasteiger partial charge in [0.2, 0.25) is 0 Å². The van der Waals surface area contributed by atoms with Crippen molar-refractivity contribution in [3.05, 3.63) is 87.9 Å². The fourth-order valence-corrected chi connectivity index (χ4v) is 5.37. The van der Waals surface area contributed by atoms with E-state index < -0.39 is 5.54 Å². The first-order chi connectivity index (χ1) is 16.8. The smallest absolute Gasteiger partial charge is 0.253 e. The third-order valence-electron chi connectivity index (χ3n) is 6.79. The van der Waals surface area contributed by atoms with Gasteiger partial charge in [-0.05, 0) is 74.4 Å². The van der Waals surface area contributed by atoms with Gasteiger partial charge < -0.3 is 9.88 Å². The van der Waals surface area contributed by atoms with Crippen LogP contribution in [-0.4, -0.2) is 30.5 Å². The van der Waals surface area contributed by atoms with Gasteiger partial charge in [0.25, 0.3) is 5.91 Å². The summed E-state index contributed by atoms with van der Waals surface area (Å²) in [5.74, 6) is 0.878. The Hall–Kier alpha value is -3.35. The topological polar surface area (TPSA) is 64.7 Å². The molecule has 0 fully saturated rings. The van der Waals surface area contributed by atoms with Gasteiger partial charge in [-0.2, -0.15) is 0 Å². The van der Waals surface area contributed by atoms with E-state index in [1.807, 2.05) is 28.8 Å². The molecule has 0 bridgehead atoms. The summed E-state index contributed by atoms with van der Waals surface area (Å²) >= 11 is 12.7. The van der Waals surface area contributed by atoms with Crippen molar-refractivity contribution in [3.8, 4) is 5.69 Å². The van der Waals surface area contributed by atoms with Gasteiger partial charge in [-0.3, -0.25) is 9.36 Å². The zero-order valence-corrected chi connectivity index (χ0v) is 20.9. The zero-order valence-electron chi connectivity index (χ0n) is 19.3. The number of carbonyl (C=O) groups excluding carboxylic acids is 1. The van der Waals surface area contributed by atoms with Crippen molar-refractivity contribution >= 4 is 51.2 Å². The maximum absolute atomic E-state index is 13.3. The molecule has 176 valence electrons. The van der Waals surface area contributed by atoms with Crippen molar-refractivity contribution in [3.63, 3.8) is 0 Å². The average Bonchev–Trinajstić information content (AvgIpc) is 3.38. The molecule has 6 rings (SSSR count). The molecule has 0 radical (unpaired) electrons. The van der Waals surface area contributed by atoms with Gasteiger partial charge >= 0.3 is 0 Å². The number of imidazole rings is 2. The maximum Gasteiger partial charge on any atom is 0.253 e. The molecule has 1 N–H and O–H groups in total. The number of rotatable bonds is 3. The SMILES string of the molecule is Cc1ccc2c(c1)nc1n2C[C@](C)(NC(=O)c2ccc(-n3cnc4cc(Cl)ccc43)cc2Cl)CC1. The summed E-state index contributed by atoms with van der Waals surface area (Å²) in [6.07, 6.45) is 3.33. The van der Waals surface area contributed by atoms with Crippen LogP contribution in [0.3, 0.4) is 0 Å². The Morgan fingerprint density at radius 1 is 1.03 bits per heavy atom. The van der Waals surface area contributed by atoms with E-state index in [4.69, 9.17) is 28.2 Å². The molecular formula is C27H23Cl2N5O. The van der Waals surface area contributed by atoms with E-state index in [0.29, 0.717) is 22.2 Å². The summed E-state index contributed by atoms with van der Waals surface area (Å²) in [5, 5.41) is 4.27. The third-order valence-corrected chi connectivity index (χ3v) is 7.34. The number of amides is 1. The van der Waals surface area contributed by atoms with E-state index in [0.717, 1.165) is 46.4 Å². The number of carbonyl (C=O) groups is 1. The van der Waals surface area contributed by atoms with Crippen molar-refractivity contribution in [1.82, 2.24) is 24.4 Å². The van der Waals surface area contributed by atoms with Gasteiger partial charge in [0, 0.05) is 23.7 Å². The van der Waals surface area contributed by atoms with E-state index in [1.54, 1.807) is 18.5 Å². The van der Waals surface area contributed by atoms with E-state index >= 15 is 0 Å². The molecule has 1 aliphatic rings. The van der Waals surface area contributed by atoms with Gasteiger partial charge in [-0.1, -0.05) is 29.3 Å². The van der Waals surface area contributed by atoms with E-state index in [-0.39, 0.29) is 5.91 Å². The van der Waals surface area contributed by atoms with Crippen LogP contribution in [0.4, 0.5) is 0 Å². The summed E-state index contributed by atoms with van der Waals surface area (Å²) in [7, 11) is 0. The second-order valence-corrected chi connectivity index (χ2v) is 10.4. The Balaban J connectivity index is 1.26. The summed E-state index contributed by atoms with van der Waals surface area (Å²) in [6.45, 7) is 4.81. The molecule has 0 unspecified atom stereocenters. The van der Waals surface area contributed by atoms with Crippen molar-refractivity contribution in [1.29, 1.82) is 0 Å². The Bertz CT molecular complexity index is 1640. The Kier molecular flexibility index (Phi) is 5.13. The highest BCUT2D eigenvalue weighted by Gasteiger charge is 2.33. The normalized spacial score (nSPS) is 17.6. The second kappa shape index (κ2) is 8.11. The molecule has 1 atom stereocenters. The van der Waals surface area contributed by atoms with Crippen molar-refractivity contribution in [2.45, 2.75) is 38.8 Å². The summed E-state index contributed by atoms with van der Waals surface area (Å²) < 4.78 is 4.15. The Morgan fingerprint density at radius 2 is 1.86 bits per heavy atom. The molecular weight excluding hydrogens is 481 g/mol. The lowest BCUT2D eigenvalue weighted by atomic mass is 9.91. The van der Waals surface area contributed by atoms with Crippen LogP contribution in [0.2, 0.25) is 10.0 Å². The summed E-state index contributed by atoms with van der Waals surface area (Å²) in [6, 6.07) is 17.3. The lowest BCUT2D eigenvalue weighted by Gasteiger charge is -2.35. The molecule has 3 heterocycles. The minimum Gasteiger partial charge on any atom is -0.345 e. The lowest BCUT2D eigenvalue weighted by Crippen LogP contribution is -2.51. The van der Waals surface area contributed by atoms with Gasteiger partial charge in [-0.25, -0.2) is 9.97 Å². The highest BCUT2D eigenvalue weighted by Crippen LogP contribution is 2.30. The first-order valence-corrected chi connectivity index (χ1v) is 12.3. The molecule has 5 aromatic rings. The first-order valence-electron chi connectivity index (χ1n) is 11.5. The van der Waals surface area contributed by atoms with Crippen molar-refractivity contribution in [2.75, 3.05) is 0 Å². The van der Waals surface area contributed by atoms with E-state index in [1.165, 1.54) is 5.56 Å². The average molecular weight is 504 g/mol. The molecule has 3 aromatic carbocycles. The van der Waals surface area contributed by atoms with Gasteiger partial charge in [0.05, 0.1) is 38.2 Å². The maximum atomic E-state index is 13.3. The Morgan fingerprint density at radius 3 is 2.69 bits per heavy atom. The van der Waals surface area contributed by atoms with Crippen LogP contribution in [0.1, 0.15) is 35.1 Å². The number of nitrogens with zero attached hydrogens (tertiary/aromatic N) is 4. The largest absolute Gasteiger partial charge is 0.345 e. The predicted octanol–water partition coefficient (Wildman–Crippen LogP) is 6.13. The van der Waals surface area contributed by atoms with E-state index in [2.05, 4.69) is 46.9 Å².